The lowest BCUT2D eigenvalue weighted by molar-refractivity contribution is -0.190. The third-order valence-electron chi connectivity index (χ3n) is 6.92. The average Bonchev–Trinajstić information content (AvgIpc) is 3.51. The predicted octanol–water partition coefficient (Wildman–Crippen LogP) is 3.04. The zero-order chi connectivity index (χ0) is 30.2. The zero-order valence-corrected chi connectivity index (χ0v) is 22.2. The molecule has 3 heterocycles. The second-order valence-electron chi connectivity index (χ2n) is 9.45. The van der Waals surface area contributed by atoms with Crippen LogP contribution in [0.1, 0.15) is 11.8 Å². The molecular weight excluding hydrogens is 575 g/mol. The molecule has 1 aliphatic heterocycles. The number of anilines is 1. The summed E-state index contributed by atoms with van der Waals surface area (Å²) in [5.41, 5.74) is 5.19. The molecule has 5 rings (SSSR count). The van der Waals surface area contributed by atoms with E-state index in [1.54, 1.807) is 36.4 Å². The number of rotatable bonds is 9. The number of nitrogens with two attached hydrogens (primary N) is 1. The SMILES string of the molecule is [C-]#[N+]c1ccccc1-c1ccc(CC(OC[C@H]2O[C@@H](n3cnc4c(N)nc(Cl)nc43)[C@@H](F)[C@@H]2O)(C(=O)O)C(=O)O)cc1. The van der Waals surface area contributed by atoms with Crippen molar-refractivity contribution in [1.82, 2.24) is 19.5 Å². The smallest absolute Gasteiger partial charge is 0.348 e. The second-order valence-corrected chi connectivity index (χ2v) is 9.79. The summed E-state index contributed by atoms with van der Waals surface area (Å²) in [5.74, 6) is -3.67. The van der Waals surface area contributed by atoms with E-state index in [-0.39, 0.29) is 22.3 Å². The van der Waals surface area contributed by atoms with Crippen molar-refractivity contribution < 1.29 is 38.8 Å². The number of halogens is 2. The summed E-state index contributed by atoms with van der Waals surface area (Å²) in [4.78, 5) is 39.8. The van der Waals surface area contributed by atoms with Gasteiger partial charge in [0.05, 0.1) is 19.5 Å². The van der Waals surface area contributed by atoms with E-state index in [4.69, 9.17) is 33.4 Å². The Bertz CT molecular complexity index is 1700. The van der Waals surface area contributed by atoms with Crippen LogP contribution in [-0.4, -0.2) is 77.4 Å². The highest BCUT2D eigenvalue weighted by Gasteiger charge is 2.52. The van der Waals surface area contributed by atoms with Crippen LogP contribution in [0.5, 0.6) is 0 Å². The van der Waals surface area contributed by atoms with Gasteiger partial charge in [0.15, 0.2) is 29.6 Å². The quantitative estimate of drug-likeness (QED) is 0.126. The summed E-state index contributed by atoms with van der Waals surface area (Å²) in [5, 5.41) is 30.2. The van der Waals surface area contributed by atoms with Gasteiger partial charge in [0.1, 0.15) is 17.7 Å². The Morgan fingerprint density at radius 2 is 1.86 bits per heavy atom. The molecule has 4 aromatic rings. The van der Waals surface area contributed by atoms with Gasteiger partial charge >= 0.3 is 11.9 Å². The van der Waals surface area contributed by atoms with Crippen molar-refractivity contribution >= 4 is 46.2 Å². The van der Waals surface area contributed by atoms with Crippen LogP contribution in [0.3, 0.4) is 0 Å². The number of aliphatic hydroxyl groups is 1. The molecule has 216 valence electrons. The fraction of sp³-hybridized carbons (Fsp3) is 0.259. The summed E-state index contributed by atoms with van der Waals surface area (Å²) in [6.45, 7) is 6.56. The van der Waals surface area contributed by atoms with Gasteiger partial charge in [-0.3, -0.25) is 4.57 Å². The molecular formula is C27H22ClFN6O7. The van der Waals surface area contributed by atoms with Gasteiger partial charge in [-0.05, 0) is 28.3 Å². The first-order valence-corrected chi connectivity index (χ1v) is 12.7. The molecule has 0 aliphatic carbocycles. The van der Waals surface area contributed by atoms with Gasteiger partial charge in [-0.25, -0.2) is 23.8 Å². The number of hydrogen-bond acceptors (Lipinski definition) is 9. The minimum atomic E-state index is -2.79. The number of hydrogen-bond donors (Lipinski definition) is 4. The maximum absolute atomic E-state index is 15.2. The lowest BCUT2D eigenvalue weighted by Gasteiger charge is -2.27. The fourth-order valence-corrected chi connectivity index (χ4v) is 4.88. The van der Waals surface area contributed by atoms with Crippen LogP contribution < -0.4 is 5.73 Å². The van der Waals surface area contributed by atoms with Gasteiger partial charge in [-0.15, -0.1) is 0 Å². The van der Waals surface area contributed by atoms with Crippen molar-refractivity contribution in [3.63, 3.8) is 0 Å². The Kier molecular flexibility index (Phi) is 7.76. The number of imidazole rings is 1. The Labute approximate surface area is 241 Å². The predicted molar refractivity (Wildman–Crippen MR) is 145 cm³/mol. The van der Waals surface area contributed by atoms with Gasteiger partial charge < -0.3 is 30.5 Å². The number of nitrogen functional groups attached to an aromatic ring is 1. The summed E-state index contributed by atoms with van der Waals surface area (Å²) in [6.07, 6.45) is -6.25. The number of para-hydroxylation sites is 1. The third-order valence-corrected chi connectivity index (χ3v) is 7.09. The lowest BCUT2D eigenvalue weighted by atomic mass is 9.92. The first kappa shape index (κ1) is 28.8. The van der Waals surface area contributed by atoms with Crippen LogP contribution in [0.4, 0.5) is 15.9 Å². The number of aromatic nitrogens is 4. The van der Waals surface area contributed by atoms with Crippen LogP contribution in [0.2, 0.25) is 5.28 Å². The highest BCUT2D eigenvalue weighted by Crippen LogP contribution is 2.36. The van der Waals surface area contributed by atoms with E-state index in [2.05, 4.69) is 19.8 Å². The fourth-order valence-electron chi connectivity index (χ4n) is 4.71. The molecule has 2 aromatic carbocycles. The van der Waals surface area contributed by atoms with E-state index < -0.39 is 55.2 Å². The molecule has 15 heteroatoms. The Balaban J connectivity index is 1.36. The van der Waals surface area contributed by atoms with Crippen LogP contribution in [0.15, 0.2) is 54.9 Å². The third kappa shape index (κ3) is 5.10. The first-order chi connectivity index (χ1) is 20.1. The van der Waals surface area contributed by atoms with Gasteiger partial charge in [-0.2, -0.15) is 9.97 Å². The Hall–Kier alpha value is -4.68. The molecule has 1 fully saturated rings. The lowest BCUT2D eigenvalue weighted by Crippen LogP contribution is -2.52. The first-order valence-electron chi connectivity index (χ1n) is 12.4. The average molecular weight is 597 g/mol. The summed E-state index contributed by atoms with van der Waals surface area (Å²) < 4.78 is 27.4. The van der Waals surface area contributed by atoms with Crippen molar-refractivity contribution in [2.45, 2.75) is 36.6 Å². The van der Waals surface area contributed by atoms with Crippen LogP contribution in [-0.2, 0) is 25.5 Å². The van der Waals surface area contributed by atoms with E-state index in [0.717, 1.165) is 10.9 Å². The molecule has 0 amide bonds. The number of benzene rings is 2. The van der Waals surface area contributed by atoms with Crippen LogP contribution in [0.25, 0.3) is 27.1 Å². The largest absolute Gasteiger partial charge is 0.479 e. The number of alkyl halides is 1. The number of carbonyl (C=O) groups is 2. The maximum atomic E-state index is 15.2. The van der Waals surface area contributed by atoms with Crippen molar-refractivity contribution in [3.05, 3.63) is 77.1 Å². The van der Waals surface area contributed by atoms with E-state index in [0.29, 0.717) is 22.4 Å². The molecule has 0 bridgehead atoms. The number of aliphatic carboxylic acids is 2. The second kappa shape index (κ2) is 11.3. The van der Waals surface area contributed by atoms with Gasteiger partial charge in [0, 0.05) is 6.42 Å². The van der Waals surface area contributed by atoms with E-state index in [9.17, 15) is 24.9 Å². The summed E-state index contributed by atoms with van der Waals surface area (Å²) >= 11 is 5.86. The van der Waals surface area contributed by atoms with Gasteiger partial charge in [0.25, 0.3) is 5.60 Å². The molecule has 42 heavy (non-hydrogen) atoms. The number of carboxylic acids is 2. The summed E-state index contributed by atoms with van der Waals surface area (Å²) in [6, 6.07) is 13.2. The molecule has 4 atom stereocenters. The summed E-state index contributed by atoms with van der Waals surface area (Å²) in [7, 11) is 0. The number of aliphatic hydroxyl groups excluding tert-OH is 1. The molecule has 1 aliphatic rings. The normalized spacial score (nSPS) is 20.4. The minimum absolute atomic E-state index is 0.0294. The molecule has 13 nitrogen and oxygen atoms in total. The van der Waals surface area contributed by atoms with Crippen molar-refractivity contribution in [2.75, 3.05) is 12.3 Å². The van der Waals surface area contributed by atoms with Gasteiger partial charge in [0.2, 0.25) is 5.28 Å². The van der Waals surface area contributed by atoms with Crippen LogP contribution >= 0.6 is 11.6 Å². The molecule has 0 radical (unpaired) electrons. The molecule has 2 aromatic heterocycles. The van der Waals surface area contributed by atoms with Gasteiger partial charge in [-0.1, -0.05) is 48.5 Å². The maximum Gasteiger partial charge on any atom is 0.348 e. The topological polar surface area (TPSA) is 187 Å². The molecule has 0 spiro atoms. The van der Waals surface area contributed by atoms with E-state index in [1.807, 2.05) is 0 Å². The van der Waals surface area contributed by atoms with Crippen molar-refractivity contribution in [2.24, 2.45) is 0 Å². The van der Waals surface area contributed by atoms with E-state index >= 15 is 4.39 Å². The standard InChI is InChI=1S/C27H22ClFN6O7/c1-31-16-5-3-2-4-15(16)14-8-6-13(7-9-14)10-27(24(37)38,25(39)40)41-11-17-20(36)18(29)23(42-17)35-12-32-19-21(30)33-26(28)34-22(19)35/h2-9,12,17-18,20,23,36H,10-11H2,(H,37,38)(H,39,40)(H2,30,33,34)/t17-,18+,20-,23-/m1/s1. The highest BCUT2D eigenvalue weighted by molar-refractivity contribution is 6.28. The van der Waals surface area contributed by atoms with Crippen LogP contribution in [0, 0.1) is 6.57 Å². The zero-order valence-electron chi connectivity index (χ0n) is 21.5. The molecule has 5 N–H and O–H groups in total. The number of carboxylic acid groups (broad SMARTS) is 2. The monoisotopic (exact) mass is 596 g/mol. The highest BCUT2D eigenvalue weighted by atomic mass is 35.5. The molecule has 1 saturated heterocycles. The Morgan fingerprint density at radius 3 is 2.52 bits per heavy atom. The molecule has 0 unspecified atom stereocenters. The Morgan fingerprint density at radius 1 is 1.17 bits per heavy atom. The minimum Gasteiger partial charge on any atom is -0.479 e. The number of fused-ring (bicyclic) bond motifs is 1. The number of ether oxygens (including phenoxy) is 2. The number of nitrogens with zero attached hydrogens (tertiary/aromatic N) is 5. The van der Waals surface area contributed by atoms with Crippen molar-refractivity contribution in [3.8, 4) is 11.1 Å². The van der Waals surface area contributed by atoms with E-state index in [1.165, 1.54) is 12.1 Å². The molecule has 0 saturated carbocycles. The van der Waals surface area contributed by atoms with Crippen molar-refractivity contribution in [1.29, 1.82) is 0 Å².